The molecular weight excluding hydrogens is 534 g/mol. The molecule has 2 amide bonds. The second-order valence-electron chi connectivity index (χ2n) is 9.53. The Kier molecular flexibility index (Phi) is 6.41. The van der Waals surface area contributed by atoms with Gasteiger partial charge >= 0.3 is 6.18 Å². The summed E-state index contributed by atoms with van der Waals surface area (Å²) in [4.78, 5) is 37.3. The van der Waals surface area contributed by atoms with Crippen molar-refractivity contribution in [2.45, 2.75) is 24.1 Å². The number of carbonyl (C=O) groups is 2. The number of primary amides is 1. The van der Waals surface area contributed by atoms with Crippen LogP contribution in [0, 0.1) is 5.82 Å². The normalized spacial score (nSPS) is 18.1. The highest BCUT2D eigenvalue weighted by Gasteiger charge is 2.57. The van der Waals surface area contributed by atoms with E-state index in [1.165, 1.54) is 37.5 Å². The van der Waals surface area contributed by atoms with Crippen LogP contribution in [-0.2, 0) is 15.8 Å². The van der Waals surface area contributed by atoms with Crippen molar-refractivity contribution in [3.63, 3.8) is 0 Å². The molecule has 3 aromatic heterocycles. The largest absolute Gasteiger partial charge is 0.489 e. The predicted molar refractivity (Wildman–Crippen MR) is 133 cm³/mol. The maximum atomic E-state index is 14.5. The number of carbonyl (C=O) groups excluding carboxylic acids is 2. The van der Waals surface area contributed by atoms with Gasteiger partial charge in [0.2, 0.25) is 11.5 Å². The number of nitrogens with two attached hydrogens (primary N) is 1. The fraction of sp³-hybridized carbons (Fsp3) is 0.222. The average molecular weight is 555 g/mol. The third-order valence-corrected chi connectivity index (χ3v) is 6.84. The minimum absolute atomic E-state index is 0.0278. The molecule has 0 radical (unpaired) electrons. The van der Waals surface area contributed by atoms with Gasteiger partial charge < -0.3 is 20.9 Å². The molecule has 1 aromatic carbocycles. The van der Waals surface area contributed by atoms with Gasteiger partial charge in [-0.1, -0.05) is 0 Å². The summed E-state index contributed by atoms with van der Waals surface area (Å²) in [6.07, 6.45) is -2.70. The molecule has 4 heterocycles. The summed E-state index contributed by atoms with van der Waals surface area (Å²) in [5, 5.41) is 13.2. The molecule has 4 aromatic rings. The molecular formula is C27H21F4N5O4. The number of pyridine rings is 3. The highest BCUT2D eigenvalue weighted by atomic mass is 19.4. The zero-order valence-corrected chi connectivity index (χ0v) is 20.8. The number of halogens is 4. The van der Waals surface area contributed by atoms with Gasteiger partial charge in [-0.3, -0.25) is 19.6 Å². The number of nitrogens with zero attached hydrogens (tertiary/aromatic N) is 3. The summed E-state index contributed by atoms with van der Waals surface area (Å²) in [7, 11) is 0. The molecule has 2 atom stereocenters. The van der Waals surface area contributed by atoms with Gasteiger partial charge in [0.05, 0.1) is 28.8 Å². The predicted octanol–water partition coefficient (Wildman–Crippen LogP) is 3.15. The third-order valence-electron chi connectivity index (χ3n) is 6.84. The van der Waals surface area contributed by atoms with Crippen molar-refractivity contribution in [2.24, 2.45) is 5.73 Å². The molecule has 0 bridgehead atoms. The fourth-order valence-corrected chi connectivity index (χ4v) is 4.33. The van der Waals surface area contributed by atoms with Crippen LogP contribution in [0.15, 0.2) is 60.9 Å². The molecule has 0 unspecified atom stereocenters. The lowest BCUT2D eigenvalue weighted by Gasteiger charge is -2.31. The first-order chi connectivity index (χ1) is 18.8. The van der Waals surface area contributed by atoms with Crippen LogP contribution in [0.4, 0.5) is 17.6 Å². The van der Waals surface area contributed by atoms with Crippen LogP contribution in [0.3, 0.4) is 0 Å². The molecule has 40 heavy (non-hydrogen) atoms. The van der Waals surface area contributed by atoms with E-state index in [0.717, 1.165) is 18.2 Å². The average Bonchev–Trinajstić information content (AvgIpc) is 3.28. The van der Waals surface area contributed by atoms with Crippen LogP contribution >= 0.6 is 0 Å². The molecule has 0 aliphatic carbocycles. The van der Waals surface area contributed by atoms with Gasteiger partial charge in [0.25, 0.3) is 5.91 Å². The zero-order chi connectivity index (χ0) is 28.9. The van der Waals surface area contributed by atoms with E-state index in [1.807, 2.05) is 0 Å². The van der Waals surface area contributed by atoms with Crippen LogP contribution < -0.4 is 15.8 Å². The van der Waals surface area contributed by atoms with Crippen LogP contribution in [0.1, 0.15) is 28.5 Å². The number of aromatic nitrogens is 3. The SMILES string of the molecule is C[C@]1(C(N)=O)COc2c1cc([C@@](O)(CNC(=O)c1cnc3cccnc3c1)C(F)(F)F)nc2-c1ccc(F)cc1. The Morgan fingerprint density at radius 2 is 1.85 bits per heavy atom. The Morgan fingerprint density at radius 3 is 2.52 bits per heavy atom. The quantitative estimate of drug-likeness (QED) is 0.311. The molecule has 5 rings (SSSR count). The Morgan fingerprint density at radius 1 is 1.12 bits per heavy atom. The second kappa shape index (κ2) is 9.52. The molecule has 9 nitrogen and oxygen atoms in total. The van der Waals surface area contributed by atoms with Crippen LogP contribution in [-0.4, -0.2) is 51.2 Å². The first kappa shape index (κ1) is 26.9. The number of aliphatic hydroxyl groups is 1. The Labute approximate surface area is 224 Å². The minimum Gasteiger partial charge on any atom is -0.489 e. The Balaban J connectivity index is 1.58. The third kappa shape index (κ3) is 4.47. The molecule has 0 spiro atoms. The van der Waals surface area contributed by atoms with Crippen LogP contribution in [0.2, 0.25) is 0 Å². The topological polar surface area (TPSA) is 140 Å². The van der Waals surface area contributed by atoms with Crippen molar-refractivity contribution in [1.29, 1.82) is 0 Å². The number of ether oxygens (including phenoxy) is 1. The van der Waals surface area contributed by atoms with Gasteiger partial charge in [-0.2, -0.15) is 13.2 Å². The summed E-state index contributed by atoms with van der Waals surface area (Å²) < 4.78 is 62.7. The van der Waals surface area contributed by atoms with Gasteiger partial charge in [-0.25, -0.2) is 9.37 Å². The Hall–Kier alpha value is -4.65. The van der Waals surface area contributed by atoms with Crippen molar-refractivity contribution in [3.05, 3.63) is 83.6 Å². The molecule has 0 fully saturated rings. The van der Waals surface area contributed by atoms with Crippen molar-refractivity contribution < 1.29 is 37.0 Å². The number of hydrogen-bond donors (Lipinski definition) is 3. The smallest absolute Gasteiger partial charge is 0.424 e. The summed E-state index contributed by atoms with van der Waals surface area (Å²) in [6.45, 7) is -0.242. The van der Waals surface area contributed by atoms with Crippen molar-refractivity contribution in [2.75, 3.05) is 13.2 Å². The monoisotopic (exact) mass is 555 g/mol. The van der Waals surface area contributed by atoms with E-state index in [2.05, 4.69) is 20.3 Å². The lowest BCUT2D eigenvalue weighted by molar-refractivity contribution is -0.265. The van der Waals surface area contributed by atoms with Gasteiger partial charge in [0, 0.05) is 23.5 Å². The van der Waals surface area contributed by atoms with E-state index in [1.54, 1.807) is 12.1 Å². The van der Waals surface area contributed by atoms with E-state index in [0.29, 0.717) is 11.0 Å². The van der Waals surface area contributed by atoms with Gasteiger partial charge in [0.15, 0.2) is 0 Å². The molecule has 1 aliphatic heterocycles. The van der Waals surface area contributed by atoms with E-state index in [9.17, 15) is 32.3 Å². The number of rotatable bonds is 6. The number of nitrogens with one attached hydrogen (secondary N) is 1. The van der Waals surface area contributed by atoms with E-state index < -0.39 is 47.1 Å². The standard InChI is InChI=1S/C27H21F4N5O4/c1-25(24(32)38)13-40-22-17(25)10-20(36-21(22)14-4-6-16(28)7-5-14)26(39,27(29,30)31)12-35-23(37)15-9-19-18(34-11-15)3-2-8-33-19/h2-11,39H,12-13H2,1H3,(H2,32,38)(H,35,37)/t25-,26-/m0/s1. The molecule has 13 heteroatoms. The summed E-state index contributed by atoms with van der Waals surface area (Å²) >= 11 is 0. The summed E-state index contributed by atoms with van der Waals surface area (Å²) in [5.41, 5.74) is 0.0606. The number of amides is 2. The maximum absolute atomic E-state index is 14.5. The van der Waals surface area contributed by atoms with Gasteiger partial charge in [-0.15, -0.1) is 0 Å². The maximum Gasteiger partial charge on any atom is 0.424 e. The van der Waals surface area contributed by atoms with Crippen molar-refractivity contribution in [1.82, 2.24) is 20.3 Å². The highest BCUT2D eigenvalue weighted by molar-refractivity contribution is 5.96. The first-order valence-electron chi connectivity index (χ1n) is 11.9. The van der Waals surface area contributed by atoms with Crippen molar-refractivity contribution >= 4 is 22.8 Å². The number of hydrogen-bond acceptors (Lipinski definition) is 7. The van der Waals surface area contributed by atoms with E-state index in [4.69, 9.17) is 10.5 Å². The molecule has 4 N–H and O–H groups in total. The van der Waals surface area contributed by atoms with E-state index in [-0.39, 0.29) is 34.7 Å². The first-order valence-corrected chi connectivity index (χ1v) is 11.9. The van der Waals surface area contributed by atoms with E-state index >= 15 is 0 Å². The molecule has 0 saturated carbocycles. The minimum atomic E-state index is -5.34. The lowest BCUT2D eigenvalue weighted by atomic mass is 9.81. The lowest BCUT2D eigenvalue weighted by Crippen LogP contribution is -2.51. The molecule has 1 aliphatic rings. The van der Waals surface area contributed by atoms with Crippen molar-refractivity contribution in [3.8, 4) is 17.0 Å². The van der Waals surface area contributed by atoms with Crippen LogP contribution in [0.25, 0.3) is 22.3 Å². The fourth-order valence-electron chi connectivity index (χ4n) is 4.33. The molecule has 0 saturated heterocycles. The zero-order valence-electron chi connectivity index (χ0n) is 20.8. The second-order valence-corrected chi connectivity index (χ2v) is 9.53. The Bertz CT molecular complexity index is 1650. The highest BCUT2D eigenvalue weighted by Crippen LogP contribution is 2.47. The van der Waals surface area contributed by atoms with Gasteiger partial charge in [0.1, 0.15) is 29.3 Å². The summed E-state index contributed by atoms with van der Waals surface area (Å²) in [6, 6.07) is 10.2. The summed E-state index contributed by atoms with van der Waals surface area (Å²) in [5.74, 6) is -2.46. The van der Waals surface area contributed by atoms with Gasteiger partial charge in [-0.05, 0) is 55.5 Å². The van der Waals surface area contributed by atoms with Crippen LogP contribution in [0.5, 0.6) is 5.75 Å². The molecule has 206 valence electrons. The number of benzene rings is 1. The number of fused-ring (bicyclic) bond motifs is 2. The number of alkyl halides is 3.